The van der Waals surface area contributed by atoms with Crippen molar-refractivity contribution in [2.75, 3.05) is 37.6 Å². The Balaban J connectivity index is 1.21. The number of fused-ring (bicyclic) bond motifs is 5. The van der Waals surface area contributed by atoms with Gasteiger partial charge in [-0.1, -0.05) is 30.4 Å². The van der Waals surface area contributed by atoms with Crippen LogP contribution in [-0.2, 0) is 14.4 Å². The number of carbonyl (C=O) groups is 3. The fourth-order valence-electron chi connectivity index (χ4n) is 5.21. The number of anilines is 1. The minimum absolute atomic E-state index is 0.102. The number of carbonyl (C=O) groups excluding carboxylic acids is 3. The van der Waals surface area contributed by atoms with Crippen molar-refractivity contribution in [2.45, 2.75) is 6.42 Å². The molecule has 3 amide bonds. The van der Waals surface area contributed by atoms with Crippen molar-refractivity contribution in [3.8, 4) is 0 Å². The summed E-state index contributed by atoms with van der Waals surface area (Å²) in [6.45, 7) is 2.65. The van der Waals surface area contributed by atoms with E-state index in [-0.39, 0.29) is 47.9 Å². The van der Waals surface area contributed by atoms with Crippen molar-refractivity contribution < 1.29 is 14.4 Å². The molecule has 4 aliphatic rings. The standard InChI is InChI=1S/C21H23N3O3/c25-17(23-10-8-22(9-11-23)16-4-2-1-3-5-16)13-24-20(26)18-14-6-7-15(12-14)19(18)21(24)27/h1-7,14-15,18-19H,8-13H2/t14-,15-,18-,19+/m0/s1. The van der Waals surface area contributed by atoms with Crippen LogP contribution in [0, 0.1) is 23.7 Å². The van der Waals surface area contributed by atoms with Crippen molar-refractivity contribution in [3.05, 3.63) is 42.5 Å². The Bertz CT molecular complexity index is 783. The molecule has 2 heterocycles. The van der Waals surface area contributed by atoms with Crippen LogP contribution in [0.2, 0.25) is 0 Å². The maximum atomic E-state index is 12.7. The van der Waals surface area contributed by atoms with E-state index in [1.54, 1.807) is 4.90 Å². The molecule has 2 aliphatic carbocycles. The van der Waals surface area contributed by atoms with Gasteiger partial charge in [0.2, 0.25) is 17.7 Å². The normalized spacial score (nSPS) is 31.8. The first-order valence-corrected chi connectivity index (χ1v) is 9.75. The van der Waals surface area contributed by atoms with Crippen LogP contribution in [0.25, 0.3) is 0 Å². The van der Waals surface area contributed by atoms with Crippen molar-refractivity contribution >= 4 is 23.4 Å². The molecule has 2 bridgehead atoms. The zero-order valence-corrected chi connectivity index (χ0v) is 15.2. The summed E-state index contributed by atoms with van der Waals surface area (Å²) in [5.74, 6) is -0.483. The Kier molecular flexibility index (Phi) is 3.81. The highest BCUT2D eigenvalue weighted by Gasteiger charge is 2.59. The highest BCUT2D eigenvalue weighted by atomic mass is 16.2. The molecule has 1 aromatic carbocycles. The smallest absolute Gasteiger partial charge is 0.242 e. The molecule has 0 spiro atoms. The first-order chi connectivity index (χ1) is 13.1. The van der Waals surface area contributed by atoms with E-state index in [2.05, 4.69) is 29.2 Å². The van der Waals surface area contributed by atoms with Crippen LogP contribution in [-0.4, -0.2) is 60.2 Å². The van der Waals surface area contributed by atoms with Gasteiger partial charge in [0, 0.05) is 31.9 Å². The Hall–Kier alpha value is -2.63. The summed E-state index contributed by atoms with van der Waals surface area (Å²) in [6.07, 6.45) is 5.06. The van der Waals surface area contributed by atoms with Gasteiger partial charge in [0.1, 0.15) is 6.54 Å². The lowest BCUT2D eigenvalue weighted by Crippen LogP contribution is -2.52. The van der Waals surface area contributed by atoms with E-state index in [4.69, 9.17) is 0 Å². The summed E-state index contributed by atoms with van der Waals surface area (Å²) < 4.78 is 0. The predicted octanol–water partition coefficient (Wildman–Crippen LogP) is 1.14. The zero-order chi connectivity index (χ0) is 18.5. The number of amides is 3. The number of nitrogens with zero attached hydrogens (tertiary/aromatic N) is 3. The van der Waals surface area contributed by atoms with Gasteiger partial charge < -0.3 is 9.80 Å². The topological polar surface area (TPSA) is 60.9 Å². The first-order valence-electron chi connectivity index (χ1n) is 9.75. The van der Waals surface area contributed by atoms with Crippen LogP contribution in [0.15, 0.2) is 42.5 Å². The summed E-state index contributed by atoms with van der Waals surface area (Å²) in [7, 11) is 0. The van der Waals surface area contributed by atoms with Crippen molar-refractivity contribution in [2.24, 2.45) is 23.7 Å². The number of benzene rings is 1. The van der Waals surface area contributed by atoms with E-state index in [1.807, 2.05) is 18.2 Å². The van der Waals surface area contributed by atoms with Crippen molar-refractivity contribution in [1.29, 1.82) is 0 Å². The van der Waals surface area contributed by atoms with E-state index in [9.17, 15) is 14.4 Å². The molecule has 0 radical (unpaired) electrons. The van der Waals surface area contributed by atoms with Gasteiger partial charge in [-0.15, -0.1) is 0 Å². The van der Waals surface area contributed by atoms with Crippen LogP contribution < -0.4 is 4.90 Å². The number of rotatable bonds is 3. The summed E-state index contributed by atoms with van der Waals surface area (Å²) >= 11 is 0. The molecule has 3 fully saturated rings. The molecule has 2 aliphatic heterocycles. The maximum Gasteiger partial charge on any atom is 0.242 e. The quantitative estimate of drug-likeness (QED) is 0.595. The molecular formula is C21H23N3O3. The van der Waals surface area contributed by atoms with Gasteiger partial charge in [0.05, 0.1) is 11.8 Å². The summed E-state index contributed by atoms with van der Waals surface area (Å²) in [5, 5.41) is 0. The third kappa shape index (κ3) is 2.58. The second-order valence-corrected chi connectivity index (χ2v) is 7.97. The van der Waals surface area contributed by atoms with E-state index >= 15 is 0 Å². The van der Waals surface area contributed by atoms with E-state index < -0.39 is 0 Å². The fraction of sp³-hybridized carbons (Fsp3) is 0.476. The second-order valence-electron chi connectivity index (χ2n) is 7.97. The van der Waals surface area contributed by atoms with E-state index in [0.29, 0.717) is 13.1 Å². The molecule has 6 nitrogen and oxygen atoms in total. The summed E-state index contributed by atoms with van der Waals surface area (Å²) in [5.41, 5.74) is 1.16. The molecule has 0 N–H and O–H groups in total. The van der Waals surface area contributed by atoms with Crippen LogP contribution >= 0.6 is 0 Å². The number of allylic oxidation sites excluding steroid dienone is 2. The van der Waals surface area contributed by atoms with Gasteiger partial charge >= 0.3 is 0 Å². The van der Waals surface area contributed by atoms with Gasteiger partial charge in [-0.25, -0.2) is 0 Å². The van der Waals surface area contributed by atoms with E-state index in [1.165, 1.54) is 4.90 Å². The molecule has 1 aromatic rings. The number of imide groups is 1. The molecule has 1 saturated carbocycles. The Morgan fingerprint density at radius 2 is 1.48 bits per heavy atom. The van der Waals surface area contributed by atoms with Crippen LogP contribution in [0.5, 0.6) is 0 Å². The lowest BCUT2D eigenvalue weighted by atomic mass is 9.85. The van der Waals surface area contributed by atoms with Crippen LogP contribution in [0.3, 0.4) is 0 Å². The largest absolute Gasteiger partial charge is 0.368 e. The van der Waals surface area contributed by atoms with Crippen LogP contribution in [0.1, 0.15) is 6.42 Å². The highest BCUT2D eigenvalue weighted by Crippen LogP contribution is 2.52. The zero-order valence-electron chi connectivity index (χ0n) is 15.2. The first kappa shape index (κ1) is 16.5. The lowest BCUT2D eigenvalue weighted by Gasteiger charge is -2.36. The molecule has 0 unspecified atom stereocenters. The number of likely N-dealkylation sites (tertiary alicyclic amines) is 1. The second kappa shape index (κ2) is 6.22. The molecule has 0 aromatic heterocycles. The average molecular weight is 365 g/mol. The van der Waals surface area contributed by atoms with E-state index in [0.717, 1.165) is 25.2 Å². The van der Waals surface area contributed by atoms with Gasteiger partial charge in [0.15, 0.2) is 0 Å². The third-order valence-electron chi connectivity index (χ3n) is 6.61. The Labute approximate surface area is 158 Å². The van der Waals surface area contributed by atoms with Crippen LogP contribution in [0.4, 0.5) is 5.69 Å². The van der Waals surface area contributed by atoms with Gasteiger partial charge in [-0.2, -0.15) is 0 Å². The monoisotopic (exact) mass is 365 g/mol. The Morgan fingerprint density at radius 3 is 2.07 bits per heavy atom. The summed E-state index contributed by atoms with van der Waals surface area (Å²) in [6, 6.07) is 10.2. The number of para-hydroxylation sites is 1. The number of hydrogen-bond donors (Lipinski definition) is 0. The molecule has 140 valence electrons. The van der Waals surface area contributed by atoms with Gasteiger partial charge in [0.25, 0.3) is 0 Å². The number of hydrogen-bond acceptors (Lipinski definition) is 4. The summed E-state index contributed by atoms with van der Waals surface area (Å²) in [4.78, 5) is 43.5. The maximum absolute atomic E-state index is 12.7. The highest BCUT2D eigenvalue weighted by molar-refractivity contribution is 6.08. The number of piperazine rings is 1. The Morgan fingerprint density at radius 1 is 0.889 bits per heavy atom. The average Bonchev–Trinajstić information content (AvgIpc) is 3.39. The predicted molar refractivity (Wildman–Crippen MR) is 99.7 cm³/mol. The van der Waals surface area contributed by atoms with Gasteiger partial charge in [-0.3, -0.25) is 19.3 Å². The minimum atomic E-state index is -0.227. The fourth-order valence-corrected chi connectivity index (χ4v) is 5.21. The molecule has 27 heavy (non-hydrogen) atoms. The van der Waals surface area contributed by atoms with Gasteiger partial charge in [-0.05, 0) is 30.4 Å². The minimum Gasteiger partial charge on any atom is -0.368 e. The van der Waals surface area contributed by atoms with Crippen molar-refractivity contribution in [1.82, 2.24) is 9.80 Å². The van der Waals surface area contributed by atoms with Crippen molar-refractivity contribution in [3.63, 3.8) is 0 Å². The molecule has 4 atom stereocenters. The molecular weight excluding hydrogens is 342 g/mol. The lowest BCUT2D eigenvalue weighted by molar-refractivity contribution is -0.147. The SMILES string of the molecule is O=C(CN1C(=O)[C@@H]2[C@H](C1=O)[C@H]1C=C[C@H]2C1)N1CCN(c2ccccc2)CC1. The molecule has 5 rings (SSSR count). The third-order valence-corrected chi connectivity index (χ3v) is 6.61. The molecule has 6 heteroatoms. The molecule has 2 saturated heterocycles.